The maximum absolute atomic E-state index is 4.49. The second-order valence-electron chi connectivity index (χ2n) is 7.66. The van der Waals surface area contributed by atoms with Crippen molar-refractivity contribution in [1.82, 2.24) is 19.8 Å². The minimum atomic E-state index is 0.703. The number of likely N-dealkylation sites (tertiary alicyclic amines) is 1. The van der Waals surface area contributed by atoms with E-state index in [2.05, 4.69) is 56.3 Å². The first-order valence-corrected chi connectivity index (χ1v) is 9.86. The van der Waals surface area contributed by atoms with Gasteiger partial charge in [0.15, 0.2) is 0 Å². The summed E-state index contributed by atoms with van der Waals surface area (Å²) in [7, 11) is 0. The molecule has 25 heavy (non-hydrogen) atoms. The summed E-state index contributed by atoms with van der Waals surface area (Å²) in [5, 5.41) is 3.84. The highest BCUT2D eigenvalue weighted by molar-refractivity contribution is 5.14. The second-order valence-corrected chi connectivity index (χ2v) is 7.66. The predicted molar refractivity (Wildman–Crippen MR) is 102 cm³/mol. The fourth-order valence-corrected chi connectivity index (χ4v) is 4.22. The monoisotopic (exact) mass is 338 g/mol. The van der Waals surface area contributed by atoms with Crippen LogP contribution < -0.4 is 5.32 Å². The zero-order valence-electron chi connectivity index (χ0n) is 15.1. The van der Waals surface area contributed by atoms with Crippen molar-refractivity contribution in [3.8, 4) is 0 Å². The Bertz CT molecular complexity index is 643. The van der Waals surface area contributed by atoms with Gasteiger partial charge in [-0.05, 0) is 56.8 Å². The van der Waals surface area contributed by atoms with Gasteiger partial charge in [-0.25, -0.2) is 4.98 Å². The van der Waals surface area contributed by atoms with Crippen LogP contribution in [-0.4, -0.2) is 46.7 Å². The number of rotatable bonds is 6. The molecule has 1 saturated heterocycles. The number of imidazole rings is 1. The minimum Gasteiger partial charge on any atom is -0.335 e. The molecule has 0 aliphatic carbocycles. The number of fused-ring (bicyclic) bond motifs is 1. The Morgan fingerprint density at radius 2 is 1.88 bits per heavy atom. The lowest BCUT2D eigenvalue weighted by molar-refractivity contribution is 0.194. The molecule has 2 aliphatic heterocycles. The highest BCUT2D eigenvalue weighted by atomic mass is 15.1. The van der Waals surface area contributed by atoms with Gasteiger partial charge in [-0.1, -0.05) is 30.3 Å². The van der Waals surface area contributed by atoms with Crippen LogP contribution in [0, 0.1) is 5.92 Å². The average Bonchev–Trinajstić information content (AvgIpc) is 3.14. The first-order valence-electron chi connectivity index (χ1n) is 9.86. The van der Waals surface area contributed by atoms with Crippen molar-refractivity contribution in [2.75, 3.05) is 26.2 Å². The minimum absolute atomic E-state index is 0.703. The molecule has 0 spiro atoms. The number of piperidine rings is 1. The summed E-state index contributed by atoms with van der Waals surface area (Å²) in [4.78, 5) is 7.11. The Hall–Kier alpha value is -1.65. The molecule has 0 radical (unpaired) electrons. The smallest absolute Gasteiger partial charge is 0.108 e. The molecule has 1 aromatic carbocycles. The SMILES string of the molecule is c1ccc(CCN2CCC(NC[C@@H]3CCn4ccnc4C3)CC2)cc1. The number of nitrogens with zero attached hydrogens (tertiary/aromatic N) is 3. The summed E-state index contributed by atoms with van der Waals surface area (Å²) in [6.07, 6.45) is 10.2. The highest BCUT2D eigenvalue weighted by Gasteiger charge is 2.22. The molecular formula is C21H30N4. The van der Waals surface area contributed by atoms with Gasteiger partial charge in [-0.3, -0.25) is 0 Å². The summed E-state index contributed by atoms with van der Waals surface area (Å²) >= 11 is 0. The summed E-state index contributed by atoms with van der Waals surface area (Å²) < 4.78 is 2.31. The zero-order valence-corrected chi connectivity index (χ0v) is 15.1. The van der Waals surface area contributed by atoms with Crippen molar-refractivity contribution < 1.29 is 0 Å². The Labute approximate surface area is 151 Å². The Morgan fingerprint density at radius 1 is 1.04 bits per heavy atom. The maximum atomic E-state index is 4.49. The van der Waals surface area contributed by atoms with Crippen LogP contribution in [0.3, 0.4) is 0 Å². The fourth-order valence-electron chi connectivity index (χ4n) is 4.22. The van der Waals surface area contributed by atoms with Gasteiger partial charge in [-0.2, -0.15) is 0 Å². The van der Waals surface area contributed by atoms with Crippen LogP contribution in [0.4, 0.5) is 0 Å². The molecule has 2 aliphatic rings. The van der Waals surface area contributed by atoms with E-state index < -0.39 is 0 Å². The van der Waals surface area contributed by atoms with Crippen molar-refractivity contribution in [2.45, 2.75) is 44.7 Å². The largest absolute Gasteiger partial charge is 0.335 e. The number of aromatic nitrogens is 2. The topological polar surface area (TPSA) is 33.1 Å². The van der Waals surface area contributed by atoms with Gasteiger partial charge in [0.1, 0.15) is 5.82 Å². The molecule has 2 aromatic rings. The number of benzene rings is 1. The molecule has 4 heteroatoms. The molecular weight excluding hydrogens is 308 g/mol. The van der Waals surface area contributed by atoms with Crippen molar-refractivity contribution in [2.24, 2.45) is 5.92 Å². The van der Waals surface area contributed by atoms with Gasteiger partial charge in [0, 0.05) is 37.9 Å². The number of nitrogens with one attached hydrogen (secondary N) is 1. The van der Waals surface area contributed by atoms with Crippen LogP contribution in [0.25, 0.3) is 0 Å². The third kappa shape index (κ3) is 4.50. The normalized spacial score (nSPS) is 22.0. The van der Waals surface area contributed by atoms with Gasteiger partial charge in [0.25, 0.3) is 0 Å². The van der Waals surface area contributed by atoms with Crippen LogP contribution in [0.5, 0.6) is 0 Å². The van der Waals surface area contributed by atoms with E-state index in [1.807, 2.05) is 6.20 Å². The summed E-state index contributed by atoms with van der Waals surface area (Å²) in [5.41, 5.74) is 1.46. The zero-order chi connectivity index (χ0) is 16.9. The Morgan fingerprint density at radius 3 is 2.72 bits per heavy atom. The first kappa shape index (κ1) is 16.8. The molecule has 1 N–H and O–H groups in total. The van der Waals surface area contributed by atoms with Gasteiger partial charge >= 0.3 is 0 Å². The quantitative estimate of drug-likeness (QED) is 0.879. The second kappa shape index (κ2) is 8.15. The van der Waals surface area contributed by atoms with Crippen LogP contribution in [0.1, 0.15) is 30.7 Å². The van der Waals surface area contributed by atoms with Gasteiger partial charge < -0.3 is 14.8 Å². The highest BCUT2D eigenvalue weighted by Crippen LogP contribution is 2.19. The first-order chi connectivity index (χ1) is 12.4. The maximum Gasteiger partial charge on any atom is 0.108 e. The van der Waals surface area contributed by atoms with Crippen LogP contribution in [0.15, 0.2) is 42.7 Å². The van der Waals surface area contributed by atoms with Crippen molar-refractivity contribution in [3.05, 3.63) is 54.1 Å². The molecule has 3 heterocycles. The molecule has 4 nitrogen and oxygen atoms in total. The van der Waals surface area contributed by atoms with Gasteiger partial charge in [0.2, 0.25) is 0 Å². The molecule has 0 amide bonds. The molecule has 1 fully saturated rings. The van der Waals surface area contributed by atoms with E-state index in [1.165, 1.54) is 56.7 Å². The number of hydrogen-bond acceptors (Lipinski definition) is 3. The summed E-state index contributed by atoms with van der Waals surface area (Å²) in [5.74, 6) is 2.03. The van der Waals surface area contributed by atoms with Crippen LogP contribution >= 0.6 is 0 Å². The fraction of sp³-hybridized carbons (Fsp3) is 0.571. The van der Waals surface area contributed by atoms with E-state index in [4.69, 9.17) is 0 Å². The van der Waals surface area contributed by atoms with E-state index in [0.29, 0.717) is 6.04 Å². The molecule has 0 bridgehead atoms. The predicted octanol–water partition coefficient (Wildman–Crippen LogP) is 2.74. The number of hydrogen-bond donors (Lipinski definition) is 1. The molecule has 1 aromatic heterocycles. The lowest BCUT2D eigenvalue weighted by Gasteiger charge is -2.33. The molecule has 0 unspecified atom stereocenters. The average molecular weight is 338 g/mol. The molecule has 4 rings (SSSR count). The van der Waals surface area contributed by atoms with Crippen LogP contribution in [-0.2, 0) is 19.4 Å². The number of aryl methyl sites for hydroxylation is 1. The summed E-state index contributed by atoms with van der Waals surface area (Å²) in [6.45, 7) is 5.96. The van der Waals surface area contributed by atoms with Crippen LogP contribution in [0.2, 0.25) is 0 Å². The third-order valence-corrected chi connectivity index (χ3v) is 5.89. The van der Waals surface area contributed by atoms with Gasteiger partial charge in [0.05, 0.1) is 0 Å². The van der Waals surface area contributed by atoms with E-state index in [-0.39, 0.29) is 0 Å². The van der Waals surface area contributed by atoms with Gasteiger partial charge in [-0.15, -0.1) is 0 Å². The Balaban J connectivity index is 1.15. The lowest BCUT2D eigenvalue weighted by Crippen LogP contribution is -2.44. The van der Waals surface area contributed by atoms with E-state index in [0.717, 1.165) is 25.4 Å². The van der Waals surface area contributed by atoms with Crippen molar-refractivity contribution >= 4 is 0 Å². The Kier molecular flexibility index (Phi) is 5.48. The standard InChI is InChI=1S/C21H30N4/c1-2-4-18(5-3-1)6-11-24-12-8-20(9-13-24)23-17-19-7-14-25-15-10-22-21(25)16-19/h1-5,10,15,19-20,23H,6-9,11-14,16-17H2/t19-/m1/s1. The van der Waals surface area contributed by atoms with Crippen molar-refractivity contribution in [1.29, 1.82) is 0 Å². The van der Waals surface area contributed by atoms with E-state index >= 15 is 0 Å². The molecule has 134 valence electrons. The molecule has 1 atom stereocenters. The lowest BCUT2D eigenvalue weighted by atomic mass is 9.96. The van der Waals surface area contributed by atoms with E-state index in [9.17, 15) is 0 Å². The summed E-state index contributed by atoms with van der Waals surface area (Å²) in [6, 6.07) is 11.6. The third-order valence-electron chi connectivity index (χ3n) is 5.89. The van der Waals surface area contributed by atoms with Crippen molar-refractivity contribution in [3.63, 3.8) is 0 Å². The molecule has 0 saturated carbocycles. The van der Waals surface area contributed by atoms with E-state index in [1.54, 1.807) is 0 Å².